The quantitative estimate of drug-likeness (QED) is 0.353. The largest absolute Gasteiger partial charge is 0.393 e. The normalized spacial score (nSPS) is 35.4. The summed E-state index contributed by atoms with van der Waals surface area (Å²) >= 11 is 0. The summed E-state index contributed by atoms with van der Waals surface area (Å²) in [5.74, 6) is -1.69. The number of fused-ring (bicyclic) bond motifs is 1. The summed E-state index contributed by atoms with van der Waals surface area (Å²) in [6, 6.07) is 0. The molecule has 96 valence electrons. The molecular weight excluding hydrogens is 232 g/mol. The zero-order chi connectivity index (χ0) is 13.1. The molecule has 4 heteroatoms. The summed E-state index contributed by atoms with van der Waals surface area (Å²) in [5.41, 5.74) is 0. The average molecular weight is 248 g/mol. The number of allylic oxidation sites excluding steroid dienone is 5. The van der Waals surface area contributed by atoms with Crippen LogP contribution in [0.2, 0.25) is 0 Å². The molecule has 0 aromatic heterocycles. The van der Waals surface area contributed by atoms with Crippen LogP contribution in [0.1, 0.15) is 6.92 Å². The number of aliphatic hydroxyl groups is 1. The van der Waals surface area contributed by atoms with Gasteiger partial charge < -0.3 is 9.84 Å². The predicted molar refractivity (Wildman–Crippen MR) is 65.2 cm³/mol. The monoisotopic (exact) mass is 248 g/mol. The molecule has 0 aromatic carbocycles. The van der Waals surface area contributed by atoms with Crippen molar-refractivity contribution in [2.75, 3.05) is 6.61 Å². The van der Waals surface area contributed by atoms with E-state index in [2.05, 4.69) is 0 Å². The first kappa shape index (κ1) is 12.8. The average Bonchev–Trinajstić information content (AvgIpc) is 2.64. The smallest absolute Gasteiger partial charge is 0.318 e. The summed E-state index contributed by atoms with van der Waals surface area (Å²) in [5, 5.41) is 8.61. The number of ether oxygens (including phenoxy) is 1. The maximum atomic E-state index is 11.7. The summed E-state index contributed by atoms with van der Waals surface area (Å²) in [4.78, 5) is 23.3. The lowest BCUT2D eigenvalue weighted by Crippen LogP contribution is -2.31. The van der Waals surface area contributed by atoms with E-state index in [-0.39, 0.29) is 24.4 Å². The van der Waals surface area contributed by atoms with Crippen molar-refractivity contribution in [1.82, 2.24) is 0 Å². The van der Waals surface area contributed by atoms with Crippen molar-refractivity contribution in [2.24, 2.45) is 23.7 Å². The van der Waals surface area contributed by atoms with Gasteiger partial charge in [-0.05, 0) is 5.92 Å². The van der Waals surface area contributed by atoms with Gasteiger partial charge >= 0.3 is 11.9 Å². The maximum absolute atomic E-state index is 11.7. The Morgan fingerprint density at radius 1 is 1.22 bits per heavy atom. The van der Waals surface area contributed by atoms with Gasteiger partial charge in [-0.15, -0.1) is 0 Å². The van der Waals surface area contributed by atoms with E-state index in [4.69, 9.17) is 9.84 Å². The second-order valence-corrected chi connectivity index (χ2v) is 4.61. The third kappa shape index (κ3) is 2.29. The van der Waals surface area contributed by atoms with Gasteiger partial charge in [0.2, 0.25) is 0 Å². The van der Waals surface area contributed by atoms with E-state index in [0.29, 0.717) is 0 Å². The molecule has 1 aliphatic carbocycles. The van der Waals surface area contributed by atoms with Crippen LogP contribution in [0.25, 0.3) is 0 Å². The molecule has 0 unspecified atom stereocenters. The van der Waals surface area contributed by atoms with Crippen LogP contribution in [0.5, 0.6) is 0 Å². The minimum atomic E-state index is -0.429. The Hall–Kier alpha value is -1.68. The summed E-state index contributed by atoms with van der Waals surface area (Å²) in [7, 11) is 0. The maximum Gasteiger partial charge on any atom is 0.318 e. The van der Waals surface area contributed by atoms with E-state index in [1.165, 1.54) is 0 Å². The molecule has 1 aliphatic heterocycles. The highest BCUT2D eigenvalue weighted by molar-refractivity contribution is 5.97. The van der Waals surface area contributed by atoms with E-state index in [9.17, 15) is 9.59 Å². The van der Waals surface area contributed by atoms with Crippen molar-refractivity contribution >= 4 is 11.9 Å². The molecule has 4 nitrogen and oxygen atoms in total. The Bertz CT molecular complexity index is 433. The number of esters is 2. The SMILES string of the molecule is C[C@H]1C=C[C@@H](/C=C/C=C/CO)[C@H]2C(=O)OC(=O)[C@H]21. The molecule has 1 heterocycles. The fraction of sp³-hybridized carbons (Fsp3) is 0.429. The van der Waals surface area contributed by atoms with Crippen molar-refractivity contribution in [3.05, 3.63) is 36.5 Å². The van der Waals surface area contributed by atoms with Crippen molar-refractivity contribution in [2.45, 2.75) is 6.92 Å². The Balaban J connectivity index is 2.19. The van der Waals surface area contributed by atoms with Crippen molar-refractivity contribution in [3.8, 4) is 0 Å². The Labute approximate surface area is 106 Å². The van der Waals surface area contributed by atoms with Gasteiger partial charge in [0.05, 0.1) is 18.4 Å². The van der Waals surface area contributed by atoms with Crippen molar-refractivity contribution < 1.29 is 19.4 Å². The van der Waals surface area contributed by atoms with Crippen LogP contribution >= 0.6 is 0 Å². The highest BCUT2D eigenvalue weighted by atomic mass is 16.6. The van der Waals surface area contributed by atoms with Crippen LogP contribution in [0, 0.1) is 23.7 Å². The lowest BCUT2D eigenvalue weighted by molar-refractivity contribution is -0.154. The second kappa shape index (κ2) is 5.31. The molecule has 0 spiro atoms. The molecule has 1 fully saturated rings. The molecule has 18 heavy (non-hydrogen) atoms. The van der Waals surface area contributed by atoms with Crippen LogP contribution in [0.4, 0.5) is 0 Å². The summed E-state index contributed by atoms with van der Waals surface area (Å²) < 4.78 is 4.73. The topological polar surface area (TPSA) is 63.6 Å². The standard InChI is InChI=1S/C14H16O4/c1-9-6-7-10(5-3-2-4-8-15)12-11(9)13(16)18-14(12)17/h2-7,9-12,15H,8H2,1H3/b4-2+,5-3+/t9-,10+,11-,12+/m0/s1. The van der Waals surface area contributed by atoms with Gasteiger partial charge in [-0.25, -0.2) is 0 Å². The van der Waals surface area contributed by atoms with E-state index >= 15 is 0 Å². The molecule has 2 rings (SSSR count). The molecule has 0 radical (unpaired) electrons. The van der Waals surface area contributed by atoms with Gasteiger partial charge in [0.15, 0.2) is 0 Å². The van der Waals surface area contributed by atoms with Gasteiger partial charge in [0.25, 0.3) is 0 Å². The van der Waals surface area contributed by atoms with E-state index in [1.807, 2.05) is 25.2 Å². The predicted octanol–water partition coefficient (Wildman–Crippen LogP) is 1.23. The highest BCUT2D eigenvalue weighted by Gasteiger charge is 2.50. The zero-order valence-electron chi connectivity index (χ0n) is 10.2. The lowest BCUT2D eigenvalue weighted by Gasteiger charge is -2.26. The van der Waals surface area contributed by atoms with Gasteiger partial charge in [0, 0.05) is 5.92 Å². The summed E-state index contributed by atoms with van der Waals surface area (Å²) in [6.07, 6.45) is 10.8. The molecule has 0 saturated carbocycles. The number of aliphatic hydroxyl groups excluding tert-OH is 1. The minimum absolute atomic E-state index is 0.0194. The Morgan fingerprint density at radius 3 is 2.67 bits per heavy atom. The molecule has 2 aliphatic rings. The third-order valence-electron chi connectivity index (χ3n) is 3.44. The first-order valence-electron chi connectivity index (χ1n) is 6.03. The minimum Gasteiger partial charge on any atom is -0.393 e. The fourth-order valence-electron chi connectivity index (χ4n) is 2.53. The van der Waals surface area contributed by atoms with Crippen molar-refractivity contribution in [3.63, 3.8) is 0 Å². The number of carbonyl (C=O) groups is 2. The fourth-order valence-corrected chi connectivity index (χ4v) is 2.53. The molecule has 0 aromatic rings. The zero-order valence-corrected chi connectivity index (χ0v) is 10.2. The first-order chi connectivity index (χ1) is 8.65. The van der Waals surface area contributed by atoms with E-state index in [0.717, 1.165) is 0 Å². The van der Waals surface area contributed by atoms with Gasteiger partial charge in [-0.2, -0.15) is 0 Å². The van der Waals surface area contributed by atoms with Gasteiger partial charge in [-0.1, -0.05) is 43.4 Å². The third-order valence-corrected chi connectivity index (χ3v) is 3.44. The van der Waals surface area contributed by atoms with E-state index in [1.54, 1.807) is 18.2 Å². The molecule has 4 atom stereocenters. The van der Waals surface area contributed by atoms with E-state index < -0.39 is 17.9 Å². The van der Waals surface area contributed by atoms with Gasteiger partial charge in [0.1, 0.15) is 0 Å². The van der Waals surface area contributed by atoms with Crippen LogP contribution in [-0.4, -0.2) is 23.7 Å². The Kier molecular flexibility index (Phi) is 3.77. The van der Waals surface area contributed by atoms with Crippen LogP contribution in [0.3, 0.4) is 0 Å². The van der Waals surface area contributed by atoms with Crippen LogP contribution in [-0.2, 0) is 14.3 Å². The number of rotatable bonds is 3. The Morgan fingerprint density at radius 2 is 1.94 bits per heavy atom. The molecular formula is C14H16O4. The lowest BCUT2D eigenvalue weighted by atomic mass is 9.72. The number of cyclic esters (lactones) is 2. The van der Waals surface area contributed by atoms with Crippen molar-refractivity contribution in [1.29, 1.82) is 0 Å². The van der Waals surface area contributed by atoms with Crippen LogP contribution in [0.15, 0.2) is 36.5 Å². The first-order valence-corrected chi connectivity index (χ1v) is 6.03. The number of hydrogen-bond donors (Lipinski definition) is 1. The second-order valence-electron chi connectivity index (χ2n) is 4.61. The molecule has 1 saturated heterocycles. The molecule has 0 amide bonds. The molecule has 1 N–H and O–H groups in total. The summed E-state index contributed by atoms with van der Waals surface area (Å²) in [6.45, 7) is 1.90. The molecule has 0 bridgehead atoms. The van der Waals surface area contributed by atoms with Crippen LogP contribution < -0.4 is 0 Å². The highest BCUT2D eigenvalue weighted by Crippen LogP contribution is 2.40. The number of hydrogen-bond acceptors (Lipinski definition) is 4. The van der Waals surface area contributed by atoms with Gasteiger partial charge in [-0.3, -0.25) is 9.59 Å². The number of carbonyl (C=O) groups excluding carboxylic acids is 2.